The Kier molecular flexibility index (Phi) is 2.41. The van der Waals surface area contributed by atoms with Crippen molar-refractivity contribution >= 4 is 0 Å². The summed E-state index contributed by atoms with van der Waals surface area (Å²) in [6.07, 6.45) is 2.55. The molecule has 4 atom stereocenters. The predicted molar refractivity (Wildman–Crippen MR) is 91.1 cm³/mol. The van der Waals surface area contributed by atoms with Crippen LogP contribution in [0.2, 0.25) is 0 Å². The summed E-state index contributed by atoms with van der Waals surface area (Å²) in [6, 6.07) is 21.8. The Labute approximate surface area is 137 Å². The van der Waals surface area contributed by atoms with Crippen LogP contribution in [0.4, 0.5) is 0 Å². The van der Waals surface area contributed by atoms with E-state index in [0.717, 1.165) is 0 Å². The van der Waals surface area contributed by atoms with Crippen LogP contribution in [0.5, 0.6) is 0 Å². The molecule has 2 bridgehead atoms. The second-order valence-electron chi connectivity index (χ2n) is 7.88. The van der Waals surface area contributed by atoms with Crippen LogP contribution in [-0.4, -0.2) is 0 Å². The van der Waals surface area contributed by atoms with Crippen LogP contribution >= 0.6 is 0 Å². The monoisotopic (exact) mass is 302 g/mol. The summed E-state index contributed by atoms with van der Waals surface area (Å²) in [7, 11) is 0. The maximum absolute atomic E-state index is 5.01. The molecular formula is C21H22N2. The van der Waals surface area contributed by atoms with Crippen LogP contribution in [0.1, 0.15) is 37.8 Å². The molecule has 0 unspecified atom stereocenters. The summed E-state index contributed by atoms with van der Waals surface area (Å²) < 4.78 is 0. The van der Waals surface area contributed by atoms with Crippen molar-refractivity contribution < 1.29 is 0 Å². The van der Waals surface area contributed by atoms with Crippen molar-refractivity contribution in [2.45, 2.75) is 37.8 Å². The van der Waals surface area contributed by atoms with E-state index >= 15 is 0 Å². The molecule has 23 heavy (non-hydrogen) atoms. The summed E-state index contributed by atoms with van der Waals surface area (Å²) in [5.74, 6) is 1.25. The molecule has 0 saturated heterocycles. The maximum atomic E-state index is 5.01. The Morgan fingerprint density at radius 1 is 0.696 bits per heavy atom. The molecule has 2 aliphatic carbocycles. The van der Waals surface area contributed by atoms with E-state index in [1.54, 1.807) is 0 Å². The van der Waals surface area contributed by atoms with Crippen molar-refractivity contribution in [1.29, 1.82) is 0 Å². The van der Waals surface area contributed by atoms with Gasteiger partial charge >= 0.3 is 0 Å². The zero-order chi connectivity index (χ0) is 15.7. The molecule has 0 spiro atoms. The van der Waals surface area contributed by atoms with E-state index in [-0.39, 0.29) is 16.5 Å². The van der Waals surface area contributed by atoms with Gasteiger partial charge in [-0.2, -0.15) is 10.2 Å². The molecule has 116 valence electrons. The Morgan fingerprint density at radius 2 is 1.09 bits per heavy atom. The third-order valence-electron chi connectivity index (χ3n) is 7.05. The Balaban J connectivity index is 1.78. The fraction of sp³-hybridized carbons (Fsp3) is 0.429. The fourth-order valence-corrected chi connectivity index (χ4v) is 5.92. The van der Waals surface area contributed by atoms with Gasteiger partial charge in [-0.3, -0.25) is 0 Å². The van der Waals surface area contributed by atoms with Crippen LogP contribution in [-0.2, 0) is 11.1 Å². The largest absolute Gasteiger partial charge is 0.181 e. The minimum absolute atomic E-state index is 0.00542. The zero-order valence-electron chi connectivity index (χ0n) is 13.7. The van der Waals surface area contributed by atoms with Crippen molar-refractivity contribution in [3.8, 4) is 0 Å². The topological polar surface area (TPSA) is 24.7 Å². The minimum atomic E-state index is -0.160. The van der Waals surface area contributed by atoms with Gasteiger partial charge in [0.1, 0.15) is 11.1 Å². The van der Waals surface area contributed by atoms with Crippen molar-refractivity contribution in [1.82, 2.24) is 0 Å². The zero-order valence-corrected chi connectivity index (χ0v) is 13.7. The minimum Gasteiger partial charge on any atom is -0.181 e. The van der Waals surface area contributed by atoms with E-state index in [0.29, 0.717) is 11.8 Å². The molecule has 2 aromatic rings. The molecule has 2 aromatic carbocycles. The van der Waals surface area contributed by atoms with Crippen molar-refractivity contribution in [2.24, 2.45) is 27.5 Å². The lowest BCUT2D eigenvalue weighted by Crippen LogP contribution is -2.43. The van der Waals surface area contributed by atoms with Crippen LogP contribution in [0.15, 0.2) is 70.9 Å². The van der Waals surface area contributed by atoms with Gasteiger partial charge in [0, 0.05) is 5.41 Å². The van der Waals surface area contributed by atoms with Gasteiger partial charge in [0.25, 0.3) is 0 Å². The van der Waals surface area contributed by atoms with Gasteiger partial charge in [-0.25, -0.2) is 0 Å². The average Bonchev–Trinajstić information content (AvgIpc) is 2.84. The number of fused-ring (bicyclic) bond motifs is 5. The normalized spacial score (nSPS) is 39.0. The third kappa shape index (κ3) is 1.26. The third-order valence-corrected chi connectivity index (χ3v) is 7.05. The van der Waals surface area contributed by atoms with E-state index in [2.05, 4.69) is 74.5 Å². The molecule has 2 fully saturated rings. The Hall–Kier alpha value is -1.96. The summed E-state index contributed by atoms with van der Waals surface area (Å²) >= 11 is 0. The van der Waals surface area contributed by atoms with Gasteiger partial charge in [-0.15, -0.1) is 0 Å². The Bertz CT molecular complexity index is 715. The van der Waals surface area contributed by atoms with Crippen LogP contribution < -0.4 is 0 Å². The number of rotatable bonds is 2. The van der Waals surface area contributed by atoms with Crippen molar-refractivity contribution in [3.05, 3.63) is 71.8 Å². The standard InChI is InChI=1S/C21H22N2/c1-19(2)20(15-9-5-3-6-10-15)17-13-14-18(17)21(19,23-22-20)16-11-7-4-8-12-16/h3-12,17-18H,13-14H2,1-2H3/t17-,18+,20-,21-/m0/s1. The highest BCUT2D eigenvalue weighted by molar-refractivity contribution is 5.45. The predicted octanol–water partition coefficient (Wildman–Crippen LogP) is 5.31. The van der Waals surface area contributed by atoms with Gasteiger partial charge in [-0.05, 0) is 35.8 Å². The van der Waals surface area contributed by atoms with Gasteiger partial charge < -0.3 is 0 Å². The summed E-state index contributed by atoms with van der Waals surface area (Å²) in [5, 5.41) is 10.0. The highest BCUT2D eigenvalue weighted by atomic mass is 15.3. The molecule has 0 N–H and O–H groups in total. The summed E-state index contributed by atoms with van der Waals surface area (Å²) in [4.78, 5) is 0. The molecule has 2 saturated carbocycles. The first-order chi connectivity index (χ1) is 11.1. The molecule has 2 heteroatoms. The van der Waals surface area contributed by atoms with Crippen LogP contribution in [0, 0.1) is 17.3 Å². The molecule has 1 heterocycles. The number of nitrogens with zero attached hydrogens (tertiary/aromatic N) is 2. The van der Waals surface area contributed by atoms with Crippen LogP contribution in [0.25, 0.3) is 0 Å². The lowest BCUT2D eigenvalue weighted by Gasteiger charge is -2.45. The summed E-state index contributed by atoms with van der Waals surface area (Å²) in [6.45, 7) is 4.79. The van der Waals surface area contributed by atoms with E-state index in [9.17, 15) is 0 Å². The molecule has 0 amide bonds. The first-order valence-electron chi connectivity index (χ1n) is 8.70. The number of hydrogen-bond acceptors (Lipinski definition) is 2. The van der Waals surface area contributed by atoms with Gasteiger partial charge in [0.2, 0.25) is 0 Å². The van der Waals surface area contributed by atoms with Crippen molar-refractivity contribution in [3.63, 3.8) is 0 Å². The molecule has 2 nitrogen and oxygen atoms in total. The molecule has 1 aliphatic heterocycles. The van der Waals surface area contributed by atoms with Gasteiger partial charge in [0.05, 0.1) is 0 Å². The average molecular weight is 302 g/mol. The molecule has 0 radical (unpaired) electrons. The lowest BCUT2D eigenvalue weighted by atomic mass is 9.62. The first-order valence-corrected chi connectivity index (χ1v) is 8.70. The number of hydrogen-bond donors (Lipinski definition) is 0. The lowest BCUT2D eigenvalue weighted by molar-refractivity contribution is 0.0843. The molecule has 0 aromatic heterocycles. The van der Waals surface area contributed by atoms with E-state index < -0.39 is 0 Å². The second-order valence-corrected chi connectivity index (χ2v) is 7.88. The smallest absolute Gasteiger partial charge is 0.117 e. The fourth-order valence-electron chi connectivity index (χ4n) is 5.92. The van der Waals surface area contributed by atoms with E-state index in [1.165, 1.54) is 24.0 Å². The highest BCUT2D eigenvalue weighted by Crippen LogP contribution is 2.78. The molecular weight excluding hydrogens is 280 g/mol. The van der Waals surface area contributed by atoms with E-state index in [4.69, 9.17) is 10.2 Å². The van der Waals surface area contributed by atoms with Crippen molar-refractivity contribution in [2.75, 3.05) is 0 Å². The number of azo groups is 1. The number of benzene rings is 2. The second kappa shape index (κ2) is 4.11. The van der Waals surface area contributed by atoms with Gasteiger partial charge in [0.15, 0.2) is 0 Å². The molecule has 5 rings (SSSR count). The highest BCUT2D eigenvalue weighted by Gasteiger charge is 2.79. The molecule has 3 aliphatic rings. The Morgan fingerprint density at radius 3 is 1.43 bits per heavy atom. The van der Waals surface area contributed by atoms with Crippen LogP contribution in [0.3, 0.4) is 0 Å². The van der Waals surface area contributed by atoms with Gasteiger partial charge in [-0.1, -0.05) is 74.5 Å². The summed E-state index contributed by atoms with van der Waals surface area (Å²) in [5.41, 5.74) is 2.37. The first kappa shape index (κ1) is 13.5. The SMILES string of the molecule is CC1(C)[C@@]2(c3ccccc3)N=N[C@@]1(c1ccccc1)[C@H]1CC[C@H]12. The maximum Gasteiger partial charge on any atom is 0.117 e. The quantitative estimate of drug-likeness (QED) is 0.718. The van der Waals surface area contributed by atoms with E-state index in [1.807, 2.05) is 0 Å².